The second-order valence-electron chi connectivity index (χ2n) is 8.27. The molecule has 1 unspecified atom stereocenters. The van der Waals surface area contributed by atoms with Crippen molar-refractivity contribution in [1.29, 1.82) is 5.26 Å². The Bertz CT molecular complexity index is 1130. The number of nitrogens with one attached hydrogen (secondary N) is 1. The van der Waals surface area contributed by atoms with Gasteiger partial charge in [0, 0.05) is 37.0 Å². The minimum atomic E-state index is -4.63. The number of aromatic nitrogens is 2. The fraction of sp³-hybridized carbons (Fsp3) is 0.455. The van der Waals surface area contributed by atoms with Crippen LogP contribution in [0.25, 0.3) is 11.4 Å². The van der Waals surface area contributed by atoms with E-state index < -0.39 is 22.2 Å². The number of ether oxygens (including phenoxy) is 1. The first-order valence-corrected chi connectivity index (χ1v) is 11.0. The number of carbonyl (C=O) groups is 1. The molecule has 1 amide bonds. The molecule has 8 nitrogen and oxygen atoms in total. The van der Waals surface area contributed by atoms with Crippen LogP contribution in [0.4, 0.5) is 19.0 Å². The maximum Gasteiger partial charge on any atom is 0.417 e. The van der Waals surface area contributed by atoms with Crippen molar-refractivity contribution in [2.24, 2.45) is 11.1 Å². The Morgan fingerprint density at radius 2 is 2.18 bits per heavy atom. The minimum Gasteiger partial charge on any atom is -0.377 e. The molecule has 3 N–H and O–H groups in total. The Hall–Kier alpha value is -2.94. The van der Waals surface area contributed by atoms with Crippen LogP contribution in [0.15, 0.2) is 24.4 Å². The summed E-state index contributed by atoms with van der Waals surface area (Å²) in [6.07, 6.45) is -2.15. The van der Waals surface area contributed by atoms with Gasteiger partial charge in [0.1, 0.15) is 11.2 Å². The van der Waals surface area contributed by atoms with Gasteiger partial charge in [0.25, 0.3) is 0 Å². The van der Waals surface area contributed by atoms with Crippen molar-refractivity contribution in [3.05, 3.63) is 40.5 Å². The highest BCUT2D eigenvalue weighted by Crippen LogP contribution is 2.45. The Balaban J connectivity index is 1.70. The summed E-state index contributed by atoms with van der Waals surface area (Å²) in [5, 5.41) is 11.6. The lowest BCUT2D eigenvalue weighted by Gasteiger charge is -2.37. The number of halogens is 4. The second kappa shape index (κ2) is 9.37. The summed E-state index contributed by atoms with van der Waals surface area (Å²) >= 11 is 5.75. The minimum absolute atomic E-state index is 0.0565. The summed E-state index contributed by atoms with van der Waals surface area (Å²) in [4.78, 5) is 23.2. The molecule has 34 heavy (non-hydrogen) atoms. The molecule has 1 aliphatic carbocycles. The number of rotatable bonds is 6. The molecule has 4 rings (SSSR count). The van der Waals surface area contributed by atoms with Gasteiger partial charge in [0.15, 0.2) is 5.82 Å². The SMILES string of the molecule is N#CC1(C(=O)NCc2cnc(-c3ccc(Cl)c(C(F)(F)F)c3)nc2N2CCOCC2CN)CC1. The molecule has 0 bridgehead atoms. The highest BCUT2D eigenvalue weighted by Gasteiger charge is 2.50. The predicted molar refractivity (Wildman–Crippen MR) is 118 cm³/mol. The number of alkyl halides is 3. The molecule has 1 aromatic heterocycles. The molecule has 2 aromatic rings. The van der Waals surface area contributed by atoms with Crippen LogP contribution in [-0.2, 0) is 22.3 Å². The molecule has 0 spiro atoms. The molecule has 2 fully saturated rings. The lowest BCUT2D eigenvalue weighted by Crippen LogP contribution is -2.50. The number of hydrogen-bond donors (Lipinski definition) is 2. The number of benzene rings is 1. The first-order chi connectivity index (χ1) is 16.2. The first-order valence-electron chi connectivity index (χ1n) is 10.7. The Kier molecular flexibility index (Phi) is 6.66. The van der Waals surface area contributed by atoms with Crippen molar-refractivity contribution < 1.29 is 22.7 Å². The molecule has 1 saturated carbocycles. The highest BCUT2D eigenvalue weighted by molar-refractivity contribution is 6.31. The van der Waals surface area contributed by atoms with Crippen molar-refractivity contribution >= 4 is 23.3 Å². The normalized spacial score (nSPS) is 19.4. The van der Waals surface area contributed by atoms with E-state index in [0.29, 0.717) is 44.0 Å². The van der Waals surface area contributed by atoms with Gasteiger partial charge in [-0.1, -0.05) is 11.6 Å². The molecule has 0 radical (unpaired) electrons. The van der Waals surface area contributed by atoms with Gasteiger partial charge in [-0.15, -0.1) is 0 Å². The van der Waals surface area contributed by atoms with Gasteiger partial charge in [-0.25, -0.2) is 9.97 Å². The van der Waals surface area contributed by atoms with Gasteiger partial charge in [-0.2, -0.15) is 18.4 Å². The lowest BCUT2D eigenvalue weighted by molar-refractivity contribution is -0.137. The summed E-state index contributed by atoms with van der Waals surface area (Å²) in [5.41, 5.74) is 4.64. The smallest absolute Gasteiger partial charge is 0.377 e. The third-order valence-electron chi connectivity index (χ3n) is 5.98. The molecule has 1 atom stereocenters. The van der Waals surface area contributed by atoms with Crippen molar-refractivity contribution in [3.63, 3.8) is 0 Å². The molecule has 2 heterocycles. The van der Waals surface area contributed by atoms with E-state index >= 15 is 0 Å². The summed E-state index contributed by atoms with van der Waals surface area (Å²) in [5.74, 6) is 0.148. The summed E-state index contributed by atoms with van der Waals surface area (Å²) in [6, 6.07) is 5.32. The van der Waals surface area contributed by atoms with E-state index in [9.17, 15) is 23.2 Å². The first kappa shape index (κ1) is 24.2. The highest BCUT2D eigenvalue weighted by atomic mass is 35.5. The van der Waals surface area contributed by atoms with Crippen molar-refractivity contribution in [3.8, 4) is 17.5 Å². The predicted octanol–water partition coefficient (Wildman–Crippen LogP) is 2.90. The van der Waals surface area contributed by atoms with Crippen LogP contribution in [0.2, 0.25) is 5.02 Å². The van der Waals surface area contributed by atoms with Gasteiger partial charge in [0.2, 0.25) is 5.91 Å². The molecular formula is C22H22ClF3N6O2. The van der Waals surface area contributed by atoms with Crippen LogP contribution in [0.5, 0.6) is 0 Å². The molecule has 1 aliphatic heterocycles. The van der Waals surface area contributed by atoms with Crippen LogP contribution >= 0.6 is 11.6 Å². The van der Waals surface area contributed by atoms with Gasteiger partial charge < -0.3 is 20.7 Å². The van der Waals surface area contributed by atoms with Crippen LogP contribution in [0, 0.1) is 16.7 Å². The van der Waals surface area contributed by atoms with E-state index in [2.05, 4.69) is 15.3 Å². The van der Waals surface area contributed by atoms with E-state index in [1.165, 1.54) is 12.3 Å². The van der Waals surface area contributed by atoms with Gasteiger partial charge >= 0.3 is 6.18 Å². The zero-order valence-corrected chi connectivity index (χ0v) is 18.8. The lowest BCUT2D eigenvalue weighted by atomic mass is 10.1. The average molecular weight is 495 g/mol. The topological polar surface area (TPSA) is 117 Å². The quantitative estimate of drug-likeness (QED) is 0.634. The maximum absolute atomic E-state index is 13.4. The maximum atomic E-state index is 13.4. The Morgan fingerprint density at radius 1 is 1.41 bits per heavy atom. The Morgan fingerprint density at radius 3 is 2.82 bits per heavy atom. The number of anilines is 1. The zero-order valence-electron chi connectivity index (χ0n) is 18.0. The molecule has 2 aliphatic rings. The van der Waals surface area contributed by atoms with Crippen molar-refractivity contribution in [1.82, 2.24) is 15.3 Å². The summed E-state index contributed by atoms with van der Waals surface area (Å²) in [7, 11) is 0. The molecule has 12 heteroatoms. The van der Waals surface area contributed by atoms with E-state index in [1.54, 1.807) is 0 Å². The van der Waals surface area contributed by atoms with E-state index in [4.69, 9.17) is 22.1 Å². The second-order valence-corrected chi connectivity index (χ2v) is 8.68. The van der Waals surface area contributed by atoms with Crippen molar-refractivity contribution in [2.45, 2.75) is 31.6 Å². The van der Waals surface area contributed by atoms with Crippen LogP contribution < -0.4 is 16.0 Å². The Labute approximate surface area is 198 Å². The number of morpholine rings is 1. The number of carbonyl (C=O) groups excluding carboxylic acids is 1. The monoisotopic (exact) mass is 494 g/mol. The standard InChI is InChI=1S/C22H22ClF3N6O2/c23-17-2-1-13(7-16(17)22(24,25)26)18-29-9-14(10-30-20(33)21(12-28)3-4-21)19(31-18)32-5-6-34-11-15(32)8-27/h1-2,7,9,15H,3-6,8,10-11,27H2,(H,30,33). The number of hydrogen-bond acceptors (Lipinski definition) is 7. The molecule has 180 valence electrons. The fourth-order valence-corrected chi connectivity index (χ4v) is 4.00. The van der Waals surface area contributed by atoms with Crippen LogP contribution in [-0.4, -0.2) is 48.2 Å². The third-order valence-corrected chi connectivity index (χ3v) is 6.31. The molecular weight excluding hydrogens is 473 g/mol. The van der Waals surface area contributed by atoms with Crippen LogP contribution in [0.3, 0.4) is 0 Å². The van der Waals surface area contributed by atoms with Gasteiger partial charge in [0.05, 0.1) is 35.9 Å². The summed E-state index contributed by atoms with van der Waals surface area (Å²) < 4.78 is 45.6. The third kappa shape index (κ3) is 4.80. The number of amides is 1. The summed E-state index contributed by atoms with van der Waals surface area (Å²) in [6.45, 7) is 1.55. The van der Waals surface area contributed by atoms with E-state index in [0.717, 1.165) is 12.1 Å². The van der Waals surface area contributed by atoms with Gasteiger partial charge in [-0.3, -0.25) is 4.79 Å². The fourth-order valence-electron chi connectivity index (χ4n) is 3.78. The average Bonchev–Trinajstić information content (AvgIpc) is 3.63. The number of nitriles is 1. The number of nitrogens with two attached hydrogens (primary N) is 1. The van der Waals surface area contributed by atoms with Crippen LogP contribution in [0.1, 0.15) is 24.0 Å². The van der Waals surface area contributed by atoms with Gasteiger partial charge in [-0.05, 0) is 31.0 Å². The van der Waals surface area contributed by atoms with Crippen molar-refractivity contribution in [2.75, 3.05) is 31.2 Å². The number of nitrogens with zero attached hydrogens (tertiary/aromatic N) is 4. The van der Waals surface area contributed by atoms with E-state index in [-0.39, 0.29) is 36.4 Å². The molecule has 1 saturated heterocycles. The molecule has 1 aromatic carbocycles. The largest absolute Gasteiger partial charge is 0.417 e. The van der Waals surface area contributed by atoms with E-state index in [1.807, 2.05) is 11.0 Å². The zero-order chi connectivity index (χ0) is 24.5.